The minimum absolute atomic E-state index is 0.0185. The quantitative estimate of drug-likeness (QED) is 0.759. The predicted octanol–water partition coefficient (Wildman–Crippen LogP) is 0.999. The van der Waals surface area contributed by atoms with Crippen molar-refractivity contribution in [2.24, 2.45) is 5.92 Å². The van der Waals surface area contributed by atoms with E-state index in [1.165, 1.54) is 0 Å². The first-order valence-electron chi connectivity index (χ1n) is 4.60. The fourth-order valence-electron chi connectivity index (χ4n) is 1.68. The van der Waals surface area contributed by atoms with Gasteiger partial charge >= 0.3 is 0 Å². The number of carbonyl (C=O) groups excluding carboxylic acids is 1. The molecule has 13 heavy (non-hydrogen) atoms. The molecule has 1 fully saturated rings. The van der Waals surface area contributed by atoms with Gasteiger partial charge in [0.15, 0.2) is 0 Å². The highest BCUT2D eigenvalue weighted by atomic mass is 79.9. The van der Waals surface area contributed by atoms with Crippen LogP contribution in [0.2, 0.25) is 0 Å². The van der Waals surface area contributed by atoms with Crippen LogP contribution in [-0.4, -0.2) is 39.9 Å². The molecule has 1 rings (SSSR count). The minimum atomic E-state index is -0.0185. The van der Waals surface area contributed by atoms with E-state index in [0.717, 1.165) is 6.54 Å². The van der Waals surface area contributed by atoms with Crippen LogP contribution in [0, 0.1) is 5.92 Å². The molecule has 1 heterocycles. The van der Waals surface area contributed by atoms with Crippen LogP contribution in [0.5, 0.6) is 0 Å². The molecule has 3 nitrogen and oxygen atoms in total. The molecule has 0 spiro atoms. The van der Waals surface area contributed by atoms with Gasteiger partial charge in [-0.15, -0.1) is 0 Å². The van der Waals surface area contributed by atoms with Gasteiger partial charge < -0.3 is 10.0 Å². The molecule has 76 valence electrons. The van der Waals surface area contributed by atoms with Crippen LogP contribution < -0.4 is 0 Å². The van der Waals surface area contributed by atoms with Crippen molar-refractivity contribution in [3.8, 4) is 0 Å². The first kappa shape index (κ1) is 11.0. The second kappa shape index (κ2) is 4.42. The zero-order chi connectivity index (χ0) is 10.0. The monoisotopic (exact) mass is 249 g/mol. The molecular weight excluding hydrogens is 234 g/mol. The number of aliphatic hydroxyl groups excluding tert-OH is 1. The molecule has 1 aliphatic rings. The maximum atomic E-state index is 11.5. The summed E-state index contributed by atoms with van der Waals surface area (Å²) >= 11 is 3.42. The molecule has 0 aliphatic carbocycles. The minimum Gasteiger partial charge on any atom is -0.394 e. The number of rotatable bonds is 3. The van der Waals surface area contributed by atoms with E-state index in [-0.39, 0.29) is 23.4 Å². The van der Waals surface area contributed by atoms with Crippen molar-refractivity contribution in [3.63, 3.8) is 0 Å². The number of likely N-dealkylation sites (tertiary alicyclic amines) is 1. The Morgan fingerprint density at radius 2 is 2.31 bits per heavy atom. The van der Waals surface area contributed by atoms with E-state index in [0.29, 0.717) is 12.3 Å². The van der Waals surface area contributed by atoms with E-state index < -0.39 is 0 Å². The molecule has 0 aromatic carbocycles. The summed E-state index contributed by atoms with van der Waals surface area (Å²) in [6.45, 7) is 4.83. The molecule has 4 heteroatoms. The summed E-state index contributed by atoms with van der Waals surface area (Å²) in [5.74, 6) is 0.460. The summed E-state index contributed by atoms with van der Waals surface area (Å²) in [7, 11) is 0. The number of alkyl halides is 1. The Morgan fingerprint density at radius 3 is 2.62 bits per heavy atom. The van der Waals surface area contributed by atoms with Gasteiger partial charge in [0, 0.05) is 17.8 Å². The van der Waals surface area contributed by atoms with Gasteiger partial charge in [-0.3, -0.25) is 4.79 Å². The third-order valence-electron chi connectivity index (χ3n) is 2.47. The molecule has 1 aliphatic heterocycles. The van der Waals surface area contributed by atoms with Crippen LogP contribution in [0.15, 0.2) is 0 Å². The number of nitrogens with zero attached hydrogens (tertiary/aromatic N) is 1. The Kier molecular flexibility index (Phi) is 3.74. The van der Waals surface area contributed by atoms with Gasteiger partial charge in [-0.2, -0.15) is 0 Å². The van der Waals surface area contributed by atoms with Gasteiger partial charge in [-0.05, 0) is 5.92 Å². The van der Waals surface area contributed by atoms with Gasteiger partial charge in [0.05, 0.1) is 12.6 Å². The number of hydrogen-bond donors (Lipinski definition) is 1. The third-order valence-corrected chi connectivity index (χ3v) is 3.08. The number of aliphatic hydroxyl groups is 1. The summed E-state index contributed by atoms with van der Waals surface area (Å²) in [6.07, 6.45) is 0.559. The summed E-state index contributed by atoms with van der Waals surface area (Å²) in [5.41, 5.74) is 0. The lowest BCUT2D eigenvalue weighted by molar-refractivity contribution is -0.131. The molecule has 0 saturated carbocycles. The topological polar surface area (TPSA) is 40.5 Å². The Labute approximate surface area is 87.2 Å². The van der Waals surface area contributed by atoms with Crippen LogP contribution in [0.4, 0.5) is 0 Å². The average molecular weight is 250 g/mol. The smallest absolute Gasteiger partial charge is 0.224 e. The standard InChI is InChI=1S/C9H16BrNO2/c1-6(2)8(5-12)11-4-7(10)3-9(11)13/h6-8,12H,3-5H2,1-2H3/t7?,8-/m1/s1. The zero-order valence-electron chi connectivity index (χ0n) is 8.03. The molecule has 1 saturated heterocycles. The largest absolute Gasteiger partial charge is 0.394 e. The second-order valence-corrected chi connectivity index (χ2v) is 5.14. The number of halogens is 1. The zero-order valence-corrected chi connectivity index (χ0v) is 9.62. The van der Waals surface area contributed by atoms with Crippen molar-refractivity contribution in [3.05, 3.63) is 0 Å². The molecule has 0 aromatic heterocycles. The summed E-state index contributed by atoms with van der Waals surface area (Å²) < 4.78 is 0. The van der Waals surface area contributed by atoms with Crippen LogP contribution >= 0.6 is 15.9 Å². The molecule has 0 aromatic rings. The van der Waals surface area contributed by atoms with Gasteiger partial charge in [0.25, 0.3) is 0 Å². The van der Waals surface area contributed by atoms with E-state index in [1.807, 2.05) is 13.8 Å². The van der Waals surface area contributed by atoms with Crippen molar-refractivity contribution in [2.75, 3.05) is 13.2 Å². The molecule has 2 atom stereocenters. The maximum Gasteiger partial charge on any atom is 0.224 e. The van der Waals surface area contributed by atoms with E-state index in [1.54, 1.807) is 4.90 Å². The summed E-state index contributed by atoms with van der Waals surface area (Å²) in [6, 6.07) is -0.0185. The van der Waals surface area contributed by atoms with Crippen molar-refractivity contribution < 1.29 is 9.90 Å². The van der Waals surface area contributed by atoms with E-state index in [2.05, 4.69) is 15.9 Å². The lowest BCUT2D eigenvalue weighted by atomic mass is 10.0. The Bertz CT molecular complexity index is 196. The van der Waals surface area contributed by atoms with E-state index in [9.17, 15) is 4.79 Å². The van der Waals surface area contributed by atoms with Gasteiger partial charge in [0.1, 0.15) is 0 Å². The maximum absolute atomic E-state index is 11.5. The number of hydrogen-bond acceptors (Lipinski definition) is 2. The molecule has 0 radical (unpaired) electrons. The number of carbonyl (C=O) groups is 1. The highest BCUT2D eigenvalue weighted by Gasteiger charge is 2.33. The van der Waals surface area contributed by atoms with Crippen molar-refractivity contribution in [2.45, 2.75) is 31.1 Å². The molecule has 1 unspecified atom stereocenters. The highest BCUT2D eigenvalue weighted by Crippen LogP contribution is 2.23. The Hall–Kier alpha value is -0.0900. The predicted molar refractivity (Wildman–Crippen MR) is 54.8 cm³/mol. The number of amides is 1. The third kappa shape index (κ3) is 2.44. The van der Waals surface area contributed by atoms with Crippen LogP contribution in [0.25, 0.3) is 0 Å². The molecule has 1 amide bonds. The lowest BCUT2D eigenvalue weighted by Gasteiger charge is -2.29. The molecule has 0 bridgehead atoms. The van der Waals surface area contributed by atoms with Gasteiger partial charge in [-0.25, -0.2) is 0 Å². The lowest BCUT2D eigenvalue weighted by Crippen LogP contribution is -2.42. The Balaban J connectivity index is 2.64. The van der Waals surface area contributed by atoms with Crippen molar-refractivity contribution in [1.82, 2.24) is 4.90 Å². The van der Waals surface area contributed by atoms with Crippen LogP contribution in [-0.2, 0) is 4.79 Å². The van der Waals surface area contributed by atoms with Crippen molar-refractivity contribution >= 4 is 21.8 Å². The first-order chi connectivity index (χ1) is 6.06. The normalized spacial score (nSPS) is 25.8. The Morgan fingerprint density at radius 1 is 1.69 bits per heavy atom. The van der Waals surface area contributed by atoms with E-state index in [4.69, 9.17) is 5.11 Å². The molecule has 1 N–H and O–H groups in total. The fraction of sp³-hybridized carbons (Fsp3) is 0.889. The summed E-state index contributed by atoms with van der Waals surface area (Å²) in [4.78, 5) is 13.5. The SMILES string of the molecule is CC(C)[C@@H](CO)N1CC(Br)CC1=O. The summed E-state index contributed by atoms with van der Waals surface area (Å²) in [5, 5.41) is 9.15. The second-order valence-electron chi connectivity index (χ2n) is 3.84. The van der Waals surface area contributed by atoms with Crippen LogP contribution in [0.1, 0.15) is 20.3 Å². The van der Waals surface area contributed by atoms with Crippen LogP contribution in [0.3, 0.4) is 0 Å². The van der Waals surface area contributed by atoms with E-state index >= 15 is 0 Å². The molecular formula is C9H16BrNO2. The average Bonchev–Trinajstić information content (AvgIpc) is 2.31. The highest BCUT2D eigenvalue weighted by molar-refractivity contribution is 9.09. The van der Waals surface area contributed by atoms with Gasteiger partial charge in [0.2, 0.25) is 5.91 Å². The first-order valence-corrected chi connectivity index (χ1v) is 5.52. The fourth-order valence-corrected chi connectivity index (χ4v) is 2.27. The van der Waals surface area contributed by atoms with Crippen molar-refractivity contribution in [1.29, 1.82) is 0 Å². The van der Waals surface area contributed by atoms with Gasteiger partial charge in [-0.1, -0.05) is 29.8 Å².